The number of allylic oxidation sites excluding steroid dienone is 1. The van der Waals surface area contributed by atoms with Gasteiger partial charge in [-0.3, -0.25) is 14.9 Å². The van der Waals surface area contributed by atoms with Crippen LogP contribution in [0.1, 0.15) is 38.5 Å². The van der Waals surface area contributed by atoms with Crippen molar-refractivity contribution < 1.29 is 14.1 Å². The summed E-state index contributed by atoms with van der Waals surface area (Å²) in [6.45, 7) is 4.20. The SMILES string of the molecule is CC1(C)CC(=O)C2=C(C1)Nc1ccccc1N[C@@H]2c1ccc(-c2cccc([N+](=O)[O-])c2)o1. The Morgan fingerprint density at radius 2 is 1.81 bits per heavy atom. The number of anilines is 2. The van der Waals surface area contributed by atoms with E-state index in [9.17, 15) is 14.9 Å². The van der Waals surface area contributed by atoms with Gasteiger partial charge in [0.05, 0.1) is 16.3 Å². The molecule has 0 spiro atoms. The highest BCUT2D eigenvalue weighted by Gasteiger charge is 2.39. The molecule has 2 heterocycles. The molecule has 0 radical (unpaired) electrons. The average molecular weight is 429 g/mol. The summed E-state index contributed by atoms with van der Waals surface area (Å²) < 4.78 is 6.16. The van der Waals surface area contributed by atoms with Crippen LogP contribution in [0.2, 0.25) is 0 Å². The van der Waals surface area contributed by atoms with E-state index in [4.69, 9.17) is 4.42 Å². The molecule has 2 aromatic carbocycles. The number of furan rings is 1. The van der Waals surface area contributed by atoms with Gasteiger partial charge in [0.25, 0.3) is 5.69 Å². The number of non-ortho nitro benzene ring substituents is 1. The van der Waals surface area contributed by atoms with Crippen LogP contribution in [0.4, 0.5) is 17.1 Å². The fourth-order valence-electron chi connectivity index (χ4n) is 4.54. The molecule has 32 heavy (non-hydrogen) atoms. The van der Waals surface area contributed by atoms with Crippen molar-refractivity contribution in [3.8, 4) is 11.3 Å². The number of nitro groups is 1. The molecule has 7 nitrogen and oxygen atoms in total. The first kappa shape index (κ1) is 20.1. The number of hydrogen-bond acceptors (Lipinski definition) is 6. The molecule has 1 aromatic heterocycles. The van der Waals surface area contributed by atoms with E-state index >= 15 is 0 Å². The number of ketones is 1. The van der Waals surface area contributed by atoms with E-state index in [-0.39, 0.29) is 16.9 Å². The number of nitrogens with zero attached hydrogens (tertiary/aromatic N) is 1. The summed E-state index contributed by atoms with van der Waals surface area (Å²) in [5.74, 6) is 1.19. The lowest BCUT2D eigenvalue weighted by Crippen LogP contribution is -2.31. The fourth-order valence-corrected chi connectivity index (χ4v) is 4.54. The van der Waals surface area contributed by atoms with E-state index in [1.807, 2.05) is 30.3 Å². The van der Waals surface area contributed by atoms with Gasteiger partial charge in [-0.05, 0) is 36.1 Å². The van der Waals surface area contributed by atoms with Gasteiger partial charge in [-0.15, -0.1) is 0 Å². The Morgan fingerprint density at radius 3 is 2.59 bits per heavy atom. The molecular formula is C25H23N3O4. The van der Waals surface area contributed by atoms with Gasteiger partial charge in [0.15, 0.2) is 5.78 Å². The second kappa shape index (κ2) is 7.37. The van der Waals surface area contributed by atoms with Crippen molar-refractivity contribution in [3.05, 3.63) is 87.8 Å². The van der Waals surface area contributed by atoms with E-state index in [1.54, 1.807) is 18.2 Å². The van der Waals surface area contributed by atoms with Gasteiger partial charge < -0.3 is 15.1 Å². The highest BCUT2D eigenvalue weighted by atomic mass is 16.6. The number of benzene rings is 2. The zero-order valence-corrected chi connectivity index (χ0v) is 17.8. The van der Waals surface area contributed by atoms with Crippen molar-refractivity contribution in [2.24, 2.45) is 5.41 Å². The van der Waals surface area contributed by atoms with Crippen molar-refractivity contribution in [1.29, 1.82) is 0 Å². The third-order valence-corrected chi connectivity index (χ3v) is 5.97. The van der Waals surface area contributed by atoms with Crippen LogP contribution >= 0.6 is 0 Å². The Kier molecular flexibility index (Phi) is 4.62. The summed E-state index contributed by atoms with van der Waals surface area (Å²) in [6, 6.07) is 17.3. The van der Waals surface area contributed by atoms with Crippen LogP contribution in [0.25, 0.3) is 11.3 Å². The minimum atomic E-state index is -0.461. The first-order valence-corrected chi connectivity index (χ1v) is 10.5. The van der Waals surface area contributed by atoms with E-state index in [0.717, 1.165) is 23.5 Å². The van der Waals surface area contributed by atoms with E-state index in [0.29, 0.717) is 29.1 Å². The van der Waals surface area contributed by atoms with E-state index < -0.39 is 11.0 Å². The number of nitro benzene ring substituents is 1. The summed E-state index contributed by atoms with van der Waals surface area (Å²) in [4.78, 5) is 24.0. The summed E-state index contributed by atoms with van der Waals surface area (Å²) in [5.41, 5.74) is 3.86. The normalized spacial score (nSPS) is 19.3. The van der Waals surface area contributed by atoms with Crippen molar-refractivity contribution in [2.45, 2.75) is 32.7 Å². The third kappa shape index (κ3) is 3.56. The molecule has 1 atom stereocenters. The minimum absolute atomic E-state index is 0.000790. The van der Waals surface area contributed by atoms with Crippen molar-refractivity contribution in [3.63, 3.8) is 0 Å². The second-order valence-electron chi connectivity index (χ2n) is 9.09. The van der Waals surface area contributed by atoms with Crippen LogP contribution in [0.5, 0.6) is 0 Å². The molecule has 0 unspecified atom stereocenters. The van der Waals surface area contributed by atoms with Gasteiger partial charge in [0, 0.05) is 35.4 Å². The monoisotopic (exact) mass is 429 g/mol. The molecule has 0 bridgehead atoms. The van der Waals surface area contributed by atoms with Crippen LogP contribution in [-0.4, -0.2) is 10.7 Å². The number of para-hydroxylation sites is 2. The predicted octanol–water partition coefficient (Wildman–Crippen LogP) is 6.08. The molecule has 0 amide bonds. The highest BCUT2D eigenvalue weighted by molar-refractivity contribution is 6.01. The van der Waals surface area contributed by atoms with Gasteiger partial charge in [0.1, 0.15) is 17.6 Å². The Bertz CT molecular complexity index is 1270. The fraction of sp³-hybridized carbons (Fsp3) is 0.240. The number of carbonyl (C=O) groups excluding carboxylic acids is 1. The predicted molar refractivity (Wildman–Crippen MR) is 122 cm³/mol. The standard InChI is InChI=1S/C25H23N3O4/c1-25(2)13-19-23(20(29)14-25)24(27-18-9-4-3-8-17(18)26-19)22-11-10-21(32-22)15-6-5-7-16(12-15)28(30)31/h3-12,24,26-27H,13-14H2,1-2H3/t24-/m1/s1. The van der Waals surface area contributed by atoms with E-state index in [2.05, 4.69) is 24.5 Å². The maximum absolute atomic E-state index is 13.3. The zero-order chi connectivity index (χ0) is 22.5. The average Bonchev–Trinajstić information content (AvgIpc) is 3.17. The molecule has 5 rings (SSSR count). The maximum atomic E-state index is 13.3. The molecule has 0 saturated heterocycles. The van der Waals surface area contributed by atoms with Gasteiger partial charge in [0.2, 0.25) is 0 Å². The van der Waals surface area contributed by atoms with Crippen LogP contribution in [-0.2, 0) is 4.79 Å². The highest BCUT2D eigenvalue weighted by Crippen LogP contribution is 2.46. The molecule has 2 N–H and O–H groups in total. The third-order valence-electron chi connectivity index (χ3n) is 5.97. The molecule has 1 aliphatic carbocycles. The Hall–Kier alpha value is -3.87. The summed E-state index contributed by atoms with van der Waals surface area (Å²) in [5, 5.41) is 18.1. The zero-order valence-electron chi connectivity index (χ0n) is 17.8. The van der Waals surface area contributed by atoms with Crippen LogP contribution in [0.3, 0.4) is 0 Å². The van der Waals surface area contributed by atoms with Crippen LogP contribution in [0.15, 0.2) is 76.4 Å². The van der Waals surface area contributed by atoms with Crippen molar-refractivity contribution in [1.82, 2.24) is 0 Å². The van der Waals surface area contributed by atoms with Crippen LogP contribution < -0.4 is 10.6 Å². The Balaban J connectivity index is 1.60. The molecule has 0 fully saturated rings. The molecule has 2 aliphatic rings. The first-order chi connectivity index (χ1) is 15.3. The number of rotatable bonds is 3. The molecule has 162 valence electrons. The topological polar surface area (TPSA) is 97.4 Å². The van der Waals surface area contributed by atoms with Gasteiger partial charge >= 0.3 is 0 Å². The molecule has 7 heteroatoms. The van der Waals surface area contributed by atoms with Crippen molar-refractivity contribution in [2.75, 3.05) is 10.6 Å². The Labute approximate surface area is 185 Å². The van der Waals surface area contributed by atoms with Crippen LogP contribution in [0, 0.1) is 15.5 Å². The lowest BCUT2D eigenvalue weighted by atomic mass is 9.74. The summed E-state index contributed by atoms with van der Waals surface area (Å²) >= 11 is 0. The number of hydrogen-bond donors (Lipinski definition) is 2. The number of fused-ring (bicyclic) bond motifs is 1. The van der Waals surface area contributed by atoms with E-state index in [1.165, 1.54) is 12.1 Å². The summed E-state index contributed by atoms with van der Waals surface area (Å²) in [7, 11) is 0. The van der Waals surface area contributed by atoms with Gasteiger partial charge in [-0.2, -0.15) is 0 Å². The molecule has 3 aromatic rings. The number of carbonyl (C=O) groups is 1. The summed E-state index contributed by atoms with van der Waals surface area (Å²) in [6.07, 6.45) is 1.21. The van der Waals surface area contributed by atoms with Gasteiger partial charge in [-0.25, -0.2) is 0 Å². The molecular weight excluding hydrogens is 406 g/mol. The lowest BCUT2D eigenvalue weighted by molar-refractivity contribution is -0.384. The minimum Gasteiger partial charge on any atom is -0.459 e. The Morgan fingerprint density at radius 1 is 1.03 bits per heavy atom. The maximum Gasteiger partial charge on any atom is 0.270 e. The lowest BCUT2D eigenvalue weighted by Gasteiger charge is -2.33. The molecule has 0 saturated carbocycles. The largest absolute Gasteiger partial charge is 0.459 e. The van der Waals surface area contributed by atoms with Crippen molar-refractivity contribution >= 4 is 22.8 Å². The number of Topliss-reactive ketones (excluding diaryl/α,β-unsaturated/α-hetero) is 1. The quantitative estimate of drug-likeness (QED) is 0.387. The van der Waals surface area contributed by atoms with Gasteiger partial charge in [-0.1, -0.05) is 38.1 Å². The number of nitrogens with one attached hydrogen (secondary N) is 2. The smallest absolute Gasteiger partial charge is 0.270 e. The molecule has 1 aliphatic heterocycles. The first-order valence-electron chi connectivity index (χ1n) is 10.5. The second-order valence-corrected chi connectivity index (χ2v) is 9.09.